The molecule has 0 spiro atoms. The monoisotopic (exact) mass is 394 g/mol. The average molecular weight is 395 g/mol. The van der Waals surface area contributed by atoms with Crippen LogP contribution in [-0.4, -0.2) is 28.5 Å². The van der Waals surface area contributed by atoms with Gasteiger partial charge in [0.05, 0.1) is 0 Å². The Kier molecular flexibility index (Phi) is 8.00. The lowest BCUT2D eigenvalue weighted by Crippen LogP contribution is -2.32. The van der Waals surface area contributed by atoms with Gasteiger partial charge in [-0.15, -0.1) is 12.4 Å². The summed E-state index contributed by atoms with van der Waals surface area (Å²) < 4.78 is 1.99. The van der Waals surface area contributed by atoms with Crippen LogP contribution in [0.4, 0.5) is 5.69 Å². The number of aryl methyl sites for hydroxylation is 1. The van der Waals surface area contributed by atoms with E-state index in [4.69, 9.17) is 0 Å². The van der Waals surface area contributed by atoms with Crippen molar-refractivity contribution in [2.45, 2.75) is 36.2 Å². The molecule has 1 unspecified atom stereocenters. The van der Waals surface area contributed by atoms with E-state index in [0.717, 1.165) is 28.8 Å². The van der Waals surface area contributed by atoms with Crippen LogP contribution in [0.2, 0.25) is 0 Å². The second-order valence-corrected chi connectivity index (χ2v) is 7.80. The van der Waals surface area contributed by atoms with Crippen LogP contribution < -0.4 is 10.6 Å². The zero-order valence-corrected chi connectivity index (χ0v) is 16.9. The first-order valence-electron chi connectivity index (χ1n) is 8.87. The lowest BCUT2D eigenvalue weighted by molar-refractivity contribution is -0.117. The highest BCUT2D eigenvalue weighted by Crippen LogP contribution is 2.27. The van der Waals surface area contributed by atoms with Crippen molar-refractivity contribution in [3.05, 3.63) is 36.7 Å². The number of nitrogens with zero attached hydrogens (tertiary/aromatic N) is 2. The molecule has 2 heterocycles. The summed E-state index contributed by atoms with van der Waals surface area (Å²) in [6.07, 6.45) is 6.66. The van der Waals surface area contributed by atoms with Crippen molar-refractivity contribution in [1.82, 2.24) is 14.9 Å². The Bertz CT molecular complexity index is 698. The SMILES string of the molecule is CC(CC(=O)Nc1ccc(Sc2nccn2C)cc1)C1CCNCC1.Cl. The minimum atomic E-state index is 0. The van der Waals surface area contributed by atoms with E-state index in [1.807, 2.05) is 42.1 Å². The number of hydrogen-bond donors (Lipinski definition) is 2. The van der Waals surface area contributed by atoms with Crippen molar-refractivity contribution < 1.29 is 4.79 Å². The molecule has 0 aliphatic carbocycles. The van der Waals surface area contributed by atoms with Gasteiger partial charge in [-0.05, 0) is 62.0 Å². The lowest BCUT2D eigenvalue weighted by Gasteiger charge is -2.27. The highest BCUT2D eigenvalue weighted by molar-refractivity contribution is 7.99. The number of hydrogen-bond acceptors (Lipinski definition) is 4. The quantitative estimate of drug-likeness (QED) is 0.778. The molecule has 1 aliphatic rings. The van der Waals surface area contributed by atoms with Crippen LogP contribution in [0.1, 0.15) is 26.2 Å². The highest BCUT2D eigenvalue weighted by Gasteiger charge is 2.22. The summed E-state index contributed by atoms with van der Waals surface area (Å²) in [6.45, 7) is 4.35. The van der Waals surface area contributed by atoms with E-state index in [1.165, 1.54) is 12.8 Å². The van der Waals surface area contributed by atoms with Crippen LogP contribution in [-0.2, 0) is 11.8 Å². The van der Waals surface area contributed by atoms with Crippen molar-refractivity contribution in [3.8, 4) is 0 Å². The number of anilines is 1. The smallest absolute Gasteiger partial charge is 0.224 e. The molecule has 0 saturated carbocycles. The van der Waals surface area contributed by atoms with E-state index in [9.17, 15) is 4.79 Å². The van der Waals surface area contributed by atoms with Gasteiger partial charge in [-0.1, -0.05) is 18.7 Å². The molecule has 1 amide bonds. The standard InChI is InChI=1S/C19H26N4OS.ClH/c1-14(15-7-9-20-10-8-15)13-18(24)22-16-3-5-17(6-4-16)25-19-21-11-12-23(19)2;/h3-6,11-12,14-15,20H,7-10,13H2,1-2H3,(H,22,24);1H. The molecule has 0 radical (unpaired) electrons. The summed E-state index contributed by atoms with van der Waals surface area (Å²) in [6, 6.07) is 7.95. The number of imidazole rings is 1. The molecule has 2 aromatic rings. The molecule has 1 aromatic carbocycles. The predicted molar refractivity (Wildman–Crippen MR) is 109 cm³/mol. The van der Waals surface area contributed by atoms with Crippen molar-refractivity contribution in [2.24, 2.45) is 18.9 Å². The number of carbonyl (C=O) groups is 1. The Morgan fingerprint density at radius 2 is 2.04 bits per heavy atom. The van der Waals surface area contributed by atoms with Gasteiger partial charge in [-0.2, -0.15) is 0 Å². The second-order valence-electron chi connectivity index (χ2n) is 6.76. The van der Waals surface area contributed by atoms with Crippen molar-refractivity contribution >= 4 is 35.8 Å². The highest BCUT2D eigenvalue weighted by atomic mass is 35.5. The normalized spacial score (nSPS) is 15.9. The topological polar surface area (TPSA) is 59.0 Å². The fraction of sp³-hybridized carbons (Fsp3) is 0.474. The van der Waals surface area contributed by atoms with E-state index in [1.54, 1.807) is 18.0 Å². The third-order valence-corrected chi connectivity index (χ3v) is 5.90. The van der Waals surface area contributed by atoms with E-state index >= 15 is 0 Å². The maximum absolute atomic E-state index is 12.3. The first-order valence-corrected chi connectivity index (χ1v) is 9.69. The number of nitrogens with one attached hydrogen (secondary N) is 2. The third-order valence-electron chi connectivity index (χ3n) is 4.82. The Balaban J connectivity index is 0.00000243. The number of piperidine rings is 1. The van der Waals surface area contributed by atoms with Crippen LogP contribution >= 0.6 is 24.2 Å². The molecule has 1 fully saturated rings. The Labute approximate surface area is 165 Å². The molecule has 1 aliphatic heterocycles. The van der Waals surface area contributed by atoms with Gasteiger partial charge in [0.15, 0.2) is 5.16 Å². The van der Waals surface area contributed by atoms with Crippen LogP contribution in [0.25, 0.3) is 0 Å². The molecule has 142 valence electrons. The van der Waals surface area contributed by atoms with Crippen LogP contribution in [0.5, 0.6) is 0 Å². The summed E-state index contributed by atoms with van der Waals surface area (Å²) in [5.74, 6) is 1.19. The minimum absolute atomic E-state index is 0. The van der Waals surface area contributed by atoms with Crippen LogP contribution in [0, 0.1) is 11.8 Å². The van der Waals surface area contributed by atoms with Crippen molar-refractivity contribution in [2.75, 3.05) is 18.4 Å². The van der Waals surface area contributed by atoms with Gasteiger partial charge in [0, 0.05) is 36.4 Å². The fourth-order valence-electron chi connectivity index (χ4n) is 3.25. The third kappa shape index (κ3) is 5.76. The van der Waals surface area contributed by atoms with Crippen molar-refractivity contribution in [1.29, 1.82) is 0 Å². The van der Waals surface area contributed by atoms with Gasteiger partial charge >= 0.3 is 0 Å². The van der Waals surface area contributed by atoms with Crippen LogP contribution in [0.3, 0.4) is 0 Å². The van der Waals surface area contributed by atoms with Gasteiger partial charge in [0.1, 0.15) is 0 Å². The lowest BCUT2D eigenvalue weighted by atomic mass is 9.84. The van der Waals surface area contributed by atoms with Gasteiger partial charge in [0.2, 0.25) is 5.91 Å². The van der Waals surface area contributed by atoms with Gasteiger partial charge in [0.25, 0.3) is 0 Å². The summed E-state index contributed by atoms with van der Waals surface area (Å²) >= 11 is 1.61. The maximum atomic E-state index is 12.3. The molecule has 2 N–H and O–H groups in total. The number of rotatable bonds is 6. The van der Waals surface area contributed by atoms with Gasteiger partial charge < -0.3 is 15.2 Å². The van der Waals surface area contributed by atoms with E-state index < -0.39 is 0 Å². The molecular weight excluding hydrogens is 368 g/mol. The summed E-state index contributed by atoms with van der Waals surface area (Å²) in [5, 5.41) is 7.35. The summed E-state index contributed by atoms with van der Waals surface area (Å²) in [7, 11) is 1.98. The zero-order chi connectivity index (χ0) is 17.6. The van der Waals surface area contributed by atoms with Crippen LogP contribution in [0.15, 0.2) is 46.7 Å². The fourth-order valence-corrected chi connectivity index (χ4v) is 4.05. The van der Waals surface area contributed by atoms with Crippen molar-refractivity contribution in [3.63, 3.8) is 0 Å². The first-order chi connectivity index (χ1) is 12.1. The van der Waals surface area contributed by atoms with E-state index in [0.29, 0.717) is 18.3 Å². The molecule has 1 saturated heterocycles. The summed E-state index contributed by atoms with van der Waals surface area (Å²) in [4.78, 5) is 17.7. The molecule has 26 heavy (non-hydrogen) atoms. The Morgan fingerprint density at radius 3 is 2.65 bits per heavy atom. The molecule has 1 atom stereocenters. The average Bonchev–Trinajstić information content (AvgIpc) is 3.02. The summed E-state index contributed by atoms with van der Waals surface area (Å²) in [5.41, 5.74) is 0.853. The van der Waals surface area contributed by atoms with E-state index in [-0.39, 0.29) is 18.3 Å². The molecule has 0 bridgehead atoms. The Hall–Kier alpha value is -1.50. The maximum Gasteiger partial charge on any atom is 0.224 e. The first kappa shape index (κ1) is 20.8. The zero-order valence-electron chi connectivity index (χ0n) is 15.3. The molecule has 7 heteroatoms. The number of halogens is 1. The number of benzene rings is 1. The van der Waals surface area contributed by atoms with Gasteiger partial charge in [-0.3, -0.25) is 4.79 Å². The molecular formula is C19H27ClN4OS. The Morgan fingerprint density at radius 1 is 1.35 bits per heavy atom. The molecule has 3 rings (SSSR count). The number of aromatic nitrogens is 2. The predicted octanol–water partition coefficient (Wildman–Crippen LogP) is 3.96. The van der Waals surface area contributed by atoms with Gasteiger partial charge in [-0.25, -0.2) is 4.98 Å². The minimum Gasteiger partial charge on any atom is -0.329 e. The molecule has 5 nitrogen and oxygen atoms in total. The van der Waals surface area contributed by atoms with E-state index in [2.05, 4.69) is 22.5 Å². The number of carbonyl (C=O) groups excluding carboxylic acids is 1. The number of amides is 1. The second kappa shape index (κ2) is 10.00. The molecule has 1 aromatic heterocycles. The largest absolute Gasteiger partial charge is 0.329 e.